The quantitative estimate of drug-likeness (QED) is 0.712. The maximum absolute atomic E-state index is 11.9. The van der Waals surface area contributed by atoms with Crippen LogP contribution in [0.25, 0.3) is 0 Å². The van der Waals surface area contributed by atoms with Crippen LogP contribution in [0.5, 0.6) is 0 Å². The van der Waals surface area contributed by atoms with Gasteiger partial charge in [0.25, 0.3) is 0 Å². The molecule has 0 fully saturated rings. The van der Waals surface area contributed by atoms with E-state index in [1.54, 1.807) is 0 Å². The van der Waals surface area contributed by atoms with E-state index in [0.29, 0.717) is 17.4 Å². The number of alkyl halides is 3. The molecule has 104 valence electrons. The number of aromatic nitrogens is 1. The van der Waals surface area contributed by atoms with E-state index >= 15 is 0 Å². The van der Waals surface area contributed by atoms with Crippen molar-refractivity contribution in [2.45, 2.75) is 45.0 Å². The molecule has 6 heteroatoms. The summed E-state index contributed by atoms with van der Waals surface area (Å²) in [5.74, 6) is 2.04. The van der Waals surface area contributed by atoms with Gasteiger partial charge in [0.15, 0.2) is 0 Å². The normalized spacial score (nSPS) is 14.2. The first kappa shape index (κ1) is 15.4. The molecule has 0 amide bonds. The second-order valence-electron chi connectivity index (χ2n) is 4.67. The van der Waals surface area contributed by atoms with Gasteiger partial charge < -0.3 is 4.52 Å². The van der Waals surface area contributed by atoms with Gasteiger partial charge in [-0.1, -0.05) is 25.9 Å². The van der Waals surface area contributed by atoms with E-state index in [0.717, 1.165) is 5.76 Å². The Hall–Kier alpha value is -0.650. The summed E-state index contributed by atoms with van der Waals surface area (Å²) in [6.07, 6.45) is -4.83. The SMILES string of the molecule is CC(C)[C@H](C)c1cc(CSCCC(F)(F)F)no1. The fraction of sp³-hybridized carbons (Fsp3) is 0.750. The third-order valence-corrected chi connectivity index (χ3v) is 3.80. The van der Waals surface area contributed by atoms with Crippen molar-refractivity contribution in [3.05, 3.63) is 17.5 Å². The summed E-state index contributed by atoms with van der Waals surface area (Å²) >= 11 is 1.22. The van der Waals surface area contributed by atoms with Gasteiger partial charge in [0.05, 0.1) is 12.1 Å². The van der Waals surface area contributed by atoms with Crippen LogP contribution in [0.15, 0.2) is 10.6 Å². The van der Waals surface area contributed by atoms with E-state index in [2.05, 4.69) is 19.0 Å². The van der Waals surface area contributed by atoms with Crippen molar-refractivity contribution in [1.82, 2.24) is 5.16 Å². The largest absolute Gasteiger partial charge is 0.389 e. The van der Waals surface area contributed by atoms with Gasteiger partial charge in [-0.3, -0.25) is 0 Å². The summed E-state index contributed by atoms with van der Waals surface area (Å²) < 4.78 is 41.0. The summed E-state index contributed by atoms with van der Waals surface area (Å²) in [5.41, 5.74) is 0.713. The number of rotatable bonds is 6. The molecular weight excluding hydrogens is 263 g/mol. The Balaban J connectivity index is 2.36. The molecule has 2 nitrogen and oxygen atoms in total. The van der Waals surface area contributed by atoms with E-state index in [-0.39, 0.29) is 11.7 Å². The van der Waals surface area contributed by atoms with Gasteiger partial charge in [-0.05, 0) is 5.92 Å². The fourth-order valence-corrected chi connectivity index (χ4v) is 2.17. The lowest BCUT2D eigenvalue weighted by molar-refractivity contribution is -0.129. The van der Waals surface area contributed by atoms with Crippen LogP contribution in [0.2, 0.25) is 0 Å². The zero-order valence-corrected chi connectivity index (χ0v) is 11.6. The maximum Gasteiger partial charge on any atom is 0.389 e. The van der Waals surface area contributed by atoms with Gasteiger partial charge in [-0.25, -0.2) is 0 Å². The van der Waals surface area contributed by atoms with Crippen molar-refractivity contribution in [1.29, 1.82) is 0 Å². The van der Waals surface area contributed by atoms with Gasteiger partial charge in [0, 0.05) is 23.5 Å². The third kappa shape index (κ3) is 5.33. The summed E-state index contributed by atoms with van der Waals surface area (Å²) in [5, 5.41) is 3.88. The van der Waals surface area contributed by atoms with Crippen molar-refractivity contribution < 1.29 is 17.7 Å². The average molecular weight is 281 g/mol. The van der Waals surface area contributed by atoms with Crippen LogP contribution >= 0.6 is 11.8 Å². The monoisotopic (exact) mass is 281 g/mol. The Morgan fingerprint density at radius 3 is 2.56 bits per heavy atom. The lowest BCUT2D eigenvalue weighted by Gasteiger charge is -2.10. The average Bonchev–Trinajstić information content (AvgIpc) is 2.70. The molecule has 0 N–H and O–H groups in total. The van der Waals surface area contributed by atoms with Crippen LogP contribution in [-0.2, 0) is 5.75 Å². The molecule has 0 aromatic carbocycles. The van der Waals surface area contributed by atoms with Crippen LogP contribution < -0.4 is 0 Å². The molecule has 0 saturated heterocycles. The van der Waals surface area contributed by atoms with Crippen molar-refractivity contribution in [2.24, 2.45) is 5.92 Å². The highest BCUT2D eigenvalue weighted by Gasteiger charge is 2.26. The molecule has 1 aromatic rings. The van der Waals surface area contributed by atoms with Gasteiger partial charge in [0.2, 0.25) is 0 Å². The molecule has 0 saturated carbocycles. The Morgan fingerprint density at radius 2 is 2.00 bits per heavy atom. The minimum absolute atomic E-state index is 0.0609. The lowest BCUT2D eigenvalue weighted by atomic mass is 9.95. The maximum atomic E-state index is 11.9. The Morgan fingerprint density at radius 1 is 1.33 bits per heavy atom. The standard InChI is InChI=1S/C12H18F3NOS/c1-8(2)9(3)11-6-10(16-17-11)7-18-5-4-12(13,14)15/h6,8-9H,4-5,7H2,1-3H3/t9-/m0/s1. The zero-order valence-electron chi connectivity index (χ0n) is 10.8. The first-order valence-corrected chi connectivity index (χ1v) is 7.05. The molecular formula is C12H18F3NOS. The van der Waals surface area contributed by atoms with Gasteiger partial charge >= 0.3 is 6.18 Å². The van der Waals surface area contributed by atoms with Gasteiger partial charge in [-0.15, -0.1) is 0 Å². The second kappa shape index (κ2) is 6.50. The van der Waals surface area contributed by atoms with Crippen LogP contribution in [0.1, 0.15) is 44.6 Å². The van der Waals surface area contributed by atoms with E-state index < -0.39 is 12.6 Å². The highest BCUT2D eigenvalue weighted by molar-refractivity contribution is 7.98. The van der Waals surface area contributed by atoms with Gasteiger partial charge in [-0.2, -0.15) is 24.9 Å². The summed E-state index contributed by atoms with van der Waals surface area (Å²) in [6.45, 7) is 6.22. The fourth-order valence-electron chi connectivity index (χ4n) is 1.30. The topological polar surface area (TPSA) is 26.0 Å². The molecule has 1 rings (SSSR count). The Labute approximate surface area is 109 Å². The molecule has 0 radical (unpaired) electrons. The predicted octanol–water partition coefficient (Wildman–Crippen LogP) is 4.62. The number of hydrogen-bond acceptors (Lipinski definition) is 3. The van der Waals surface area contributed by atoms with Crippen LogP contribution in [0.3, 0.4) is 0 Å². The first-order valence-electron chi connectivity index (χ1n) is 5.89. The Bertz CT molecular complexity index is 362. The molecule has 0 aliphatic heterocycles. The molecule has 1 aromatic heterocycles. The third-order valence-electron chi connectivity index (χ3n) is 2.81. The van der Waals surface area contributed by atoms with Crippen LogP contribution in [-0.4, -0.2) is 17.1 Å². The van der Waals surface area contributed by atoms with Crippen molar-refractivity contribution in [3.8, 4) is 0 Å². The molecule has 0 aliphatic rings. The predicted molar refractivity (Wildman–Crippen MR) is 66.6 cm³/mol. The van der Waals surface area contributed by atoms with E-state index in [1.807, 2.05) is 13.0 Å². The first-order chi connectivity index (χ1) is 8.29. The summed E-state index contributed by atoms with van der Waals surface area (Å²) in [6, 6.07) is 1.84. The smallest absolute Gasteiger partial charge is 0.361 e. The highest BCUT2D eigenvalue weighted by Crippen LogP contribution is 2.26. The molecule has 18 heavy (non-hydrogen) atoms. The number of hydrogen-bond donors (Lipinski definition) is 0. The van der Waals surface area contributed by atoms with Crippen molar-refractivity contribution in [3.63, 3.8) is 0 Å². The summed E-state index contributed by atoms with van der Waals surface area (Å²) in [7, 11) is 0. The molecule has 0 aliphatic carbocycles. The minimum Gasteiger partial charge on any atom is -0.361 e. The number of halogens is 3. The van der Waals surface area contributed by atoms with Gasteiger partial charge in [0.1, 0.15) is 5.76 Å². The summed E-state index contributed by atoms with van der Waals surface area (Å²) in [4.78, 5) is 0. The van der Waals surface area contributed by atoms with E-state index in [4.69, 9.17) is 4.52 Å². The number of nitrogens with zero attached hydrogens (tertiary/aromatic N) is 1. The van der Waals surface area contributed by atoms with Crippen molar-refractivity contribution in [2.75, 3.05) is 5.75 Å². The second-order valence-corrected chi connectivity index (χ2v) is 5.78. The zero-order chi connectivity index (χ0) is 13.8. The molecule has 0 bridgehead atoms. The minimum atomic E-state index is -4.08. The Kier molecular flexibility index (Phi) is 5.56. The van der Waals surface area contributed by atoms with E-state index in [1.165, 1.54) is 11.8 Å². The highest BCUT2D eigenvalue weighted by atomic mass is 32.2. The van der Waals surface area contributed by atoms with Crippen LogP contribution in [0.4, 0.5) is 13.2 Å². The van der Waals surface area contributed by atoms with E-state index in [9.17, 15) is 13.2 Å². The molecule has 0 spiro atoms. The molecule has 1 atom stereocenters. The van der Waals surface area contributed by atoms with Crippen LogP contribution in [0, 0.1) is 5.92 Å². The molecule has 1 heterocycles. The number of thioether (sulfide) groups is 1. The van der Waals surface area contributed by atoms with Crippen molar-refractivity contribution >= 4 is 11.8 Å². The lowest BCUT2D eigenvalue weighted by Crippen LogP contribution is -2.08. The molecule has 0 unspecified atom stereocenters.